The minimum Gasteiger partial charge on any atom is -0.489 e. The lowest BCUT2D eigenvalue weighted by atomic mass is 9.89. The lowest BCUT2D eigenvalue weighted by Gasteiger charge is -2.21. The van der Waals surface area contributed by atoms with Crippen molar-refractivity contribution in [3.8, 4) is 11.5 Å². The molecule has 0 aliphatic carbocycles. The second-order valence-electron chi connectivity index (χ2n) is 9.26. The van der Waals surface area contributed by atoms with Gasteiger partial charge in [-0.2, -0.15) is 0 Å². The number of carbonyl (C=O) groups excluding carboxylic acids is 1. The summed E-state index contributed by atoms with van der Waals surface area (Å²) in [5.74, 6) is 2.01. The molecule has 0 saturated carbocycles. The fraction of sp³-hybridized carbons (Fsp3) is 0.194. The molecule has 4 aromatic carbocycles. The van der Waals surface area contributed by atoms with E-state index in [1.807, 2.05) is 65.6 Å². The fourth-order valence-electron chi connectivity index (χ4n) is 5.27. The molecule has 0 aromatic heterocycles. The highest BCUT2D eigenvalue weighted by Crippen LogP contribution is 2.46. The predicted octanol–water partition coefficient (Wildman–Crippen LogP) is 6.29. The highest BCUT2D eigenvalue weighted by atomic mass is 16.5. The summed E-state index contributed by atoms with van der Waals surface area (Å²) in [6, 6.07) is 34.8. The average Bonchev–Trinajstić information content (AvgIpc) is 3.44. The maximum absolute atomic E-state index is 13.1. The standard InChI is InChI=1S/C31H27NO3/c33-31-19-28(24-12-7-13-26(16-24)34-20-22-8-3-1-4-9-22)30-18-25-17-27(14-15-29(25)32(30)31)35-21-23-10-5-2-6-11-23/h1-17,28,30H,18-21H2/t28-,30+/m0/s1. The first-order chi connectivity index (χ1) is 17.2. The SMILES string of the molecule is O=C1C[C@@H](c2cccc(OCc3ccccc3)c2)[C@H]2Cc3cc(OCc4ccccc4)ccc3N12. The van der Waals surface area contributed by atoms with E-state index in [0.29, 0.717) is 19.6 Å². The Morgan fingerprint density at radius 3 is 2.03 bits per heavy atom. The summed E-state index contributed by atoms with van der Waals surface area (Å²) in [6.07, 6.45) is 1.36. The van der Waals surface area contributed by atoms with Gasteiger partial charge < -0.3 is 14.4 Å². The Morgan fingerprint density at radius 1 is 0.686 bits per heavy atom. The molecule has 2 heterocycles. The van der Waals surface area contributed by atoms with E-state index >= 15 is 0 Å². The number of benzene rings is 4. The first kappa shape index (κ1) is 21.5. The van der Waals surface area contributed by atoms with Crippen LogP contribution in [0.25, 0.3) is 0 Å². The summed E-state index contributed by atoms with van der Waals surface area (Å²) in [4.78, 5) is 15.1. The number of hydrogen-bond donors (Lipinski definition) is 0. The van der Waals surface area contributed by atoms with Gasteiger partial charge in [0.05, 0.1) is 0 Å². The maximum atomic E-state index is 13.1. The van der Waals surface area contributed by atoms with Crippen molar-refractivity contribution in [1.29, 1.82) is 0 Å². The van der Waals surface area contributed by atoms with Crippen LogP contribution < -0.4 is 14.4 Å². The molecule has 2 atom stereocenters. The van der Waals surface area contributed by atoms with Gasteiger partial charge in [-0.05, 0) is 59.0 Å². The van der Waals surface area contributed by atoms with E-state index in [1.165, 1.54) is 5.56 Å². The number of carbonyl (C=O) groups is 1. The summed E-state index contributed by atoms with van der Waals surface area (Å²) in [6.45, 7) is 1.06. The van der Waals surface area contributed by atoms with Gasteiger partial charge in [0.1, 0.15) is 24.7 Å². The molecule has 0 N–H and O–H groups in total. The number of anilines is 1. The largest absolute Gasteiger partial charge is 0.489 e. The molecule has 4 aromatic rings. The molecule has 2 aliphatic heterocycles. The zero-order valence-electron chi connectivity index (χ0n) is 19.5. The Labute approximate surface area is 205 Å². The Kier molecular flexibility index (Phi) is 5.71. The van der Waals surface area contributed by atoms with Crippen LogP contribution in [0.15, 0.2) is 103 Å². The van der Waals surface area contributed by atoms with Gasteiger partial charge >= 0.3 is 0 Å². The van der Waals surface area contributed by atoms with Gasteiger partial charge in [0.2, 0.25) is 5.91 Å². The normalized spacial score (nSPS) is 18.3. The third-order valence-corrected chi connectivity index (χ3v) is 6.98. The van der Waals surface area contributed by atoms with Gasteiger partial charge in [-0.3, -0.25) is 4.79 Å². The molecule has 6 rings (SSSR count). The van der Waals surface area contributed by atoms with Gasteiger partial charge in [0.15, 0.2) is 0 Å². The van der Waals surface area contributed by atoms with Crippen LogP contribution in [0.3, 0.4) is 0 Å². The van der Waals surface area contributed by atoms with Crippen molar-refractivity contribution in [2.45, 2.75) is 38.0 Å². The molecule has 1 saturated heterocycles. The molecule has 1 amide bonds. The first-order valence-electron chi connectivity index (χ1n) is 12.1. The summed E-state index contributed by atoms with van der Waals surface area (Å²) in [5, 5.41) is 0. The zero-order chi connectivity index (χ0) is 23.6. The molecule has 0 bridgehead atoms. The molecule has 0 radical (unpaired) electrons. The monoisotopic (exact) mass is 461 g/mol. The molecule has 2 aliphatic rings. The van der Waals surface area contributed by atoms with Crippen molar-refractivity contribution in [2.24, 2.45) is 0 Å². The van der Waals surface area contributed by atoms with E-state index in [2.05, 4.69) is 42.5 Å². The van der Waals surface area contributed by atoms with Crippen molar-refractivity contribution < 1.29 is 14.3 Å². The number of fused-ring (bicyclic) bond motifs is 3. The second-order valence-corrected chi connectivity index (χ2v) is 9.26. The number of ether oxygens (including phenoxy) is 2. The smallest absolute Gasteiger partial charge is 0.227 e. The van der Waals surface area contributed by atoms with Crippen molar-refractivity contribution in [3.63, 3.8) is 0 Å². The van der Waals surface area contributed by atoms with Crippen molar-refractivity contribution in [1.82, 2.24) is 0 Å². The molecule has 1 fully saturated rings. The van der Waals surface area contributed by atoms with Crippen LogP contribution in [0, 0.1) is 0 Å². The van der Waals surface area contributed by atoms with Crippen LogP contribution in [0.2, 0.25) is 0 Å². The molecular weight excluding hydrogens is 434 g/mol. The van der Waals surface area contributed by atoms with Gasteiger partial charge in [-0.1, -0.05) is 72.8 Å². The van der Waals surface area contributed by atoms with E-state index in [-0.39, 0.29) is 17.9 Å². The number of nitrogens with zero attached hydrogens (tertiary/aromatic N) is 1. The van der Waals surface area contributed by atoms with E-state index in [0.717, 1.165) is 40.3 Å². The second kappa shape index (κ2) is 9.30. The maximum Gasteiger partial charge on any atom is 0.227 e. The Hall–Kier alpha value is -4.05. The van der Waals surface area contributed by atoms with Crippen LogP contribution >= 0.6 is 0 Å². The summed E-state index contributed by atoms with van der Waals surface area (Å²) >= 11 is 0. The van der Waals surface area contributed by atoms with Crippen molar-refractivity contribution in [2.75, 3.05) is 4.90 Å². The summed E-state index contributed by atoms with van der Waals surface area (Å²) in [5.41, 5.74) is 5.63. The van der Waals surface area contributed by atoms with E-state index < -0.39 is 0 Å². The van der Waals surface area contributed by atoms with Crippen LogP contribution in [-0.4, -0.2) is 11.9 Å². The highest BCUT2D eigenvalue weighted by Gasteiger charge is 2.46. The third kappa shape index (κ3) is 4.40. The molecule has 0 unspecified atom stereocenters. The minimum absolute atomic E-state index is 0.131. The Morgan fingerprint density at radius 2 is 1.34 bits per heavy atom. The lowest BCUT2D eigenvalue weighted by Crippen LogP contribution is -2.31. The van der Waals surface area contributed by atoms with Crippen molar-refractivity contribution in [3.05, 3.63) is 125 Å². The van der Waals surface area contributed by atoms with Crippen LogP contribution in [0.5, 0.6) is 11.5 Å². The van der Waals surface area contributed by atoms with E-state index in [1.54, 1.807) is 0 Å². The van der Waals surface area contributed by atoms with Gasteiger partial charge in [-0.25, -0.2) is 0 Å². The predicted molar refractivity (Wildman–Crippen MR) is 137 cm³/mol. The van der Waals surface area contributed by atoms with Crippen LogP contribution in [0.1, 0.15) is 34.6 Å². The minimum atomic E-state index is 0.131. The number of rotatable bonds is 7. The molecule has 4 nitrogen and oxygen atoms in total. The number of amides is 1. The zero-order valence-corrected chi connectivity index (χ0v) is 19.5. The fourth-order valence-corrected chi connectivity index (χ4v) is 5.27. The van der Waals surface area contributed by atoms with Crippen molar-refractivity contribution >= 4 is 11.6 Å². The van der Waals surface area contributed by atoms with Crippen LogP contribution in [-0.2, 0) is 24.4 Å². The summed E-state index contributed by atoms with van der Waals surface area (Å²) in [7, 11) is 0. The quantitative estimate of drug-likeness (QED) is 0.325. The highest BCUT2D eigenvalue weighted by molar-refractivity contribution is 6.00. The summed E-state index contributed by atoms with van der Waals surface area (Å²) < 4.78 is 12.1. The number of hydrogen-bond acceptors (Lipinski definition) is 3. The van der Waals surface area contributed by atoms with E-state index in [4.69, 9.17) is 9.47 Å². The molecule has 4 heteroatoms. The Bertz CT molecular complexity index is 1340. The molecule has 0 spiro atoms. The average molecular weight is 462 g/mol. The van der Waals surface area contributed by atoms with E-state index in [9.17, 15) is 4.79 Å². The van der Waals surface area contributed by atoms with Gasteiger partial charge in [0, 0.05) is 24.1 Å². The molecule has 35 heavy (non-hydrogen) atoms. The first-order valence-corrected chi connectivity index (χ1v) is 12.1. The third-order valence-electron chi connectivity index (χ3n) is 6.98. The van der Waals surface area contributed by atoms with Gasteiger partial charge in [0.25, 0.3) is 0 Å². The lowest BCUT2D eigenvalue weighted by molar-refractivity contribution is -0.117. The Balaban J connectivity index is 1.17. The topological polar surface area (TPSA) is 38.8 Å². The van der Waals surface area contributed by atoms with Gasteiger partial charge in [-0.15, -0.1) is 0 Å². The molecular formula is C31H27NO3. The molecule has 174 valence electrons. The van der Waals surface area contributed by atoms with Crippen LogP contribution in [0.4, 0.5) is 5.69 Å².